The van der Waals surface area contributed by atoms with Crippen molar-refractivity contribution in [3.05, 3.63) is 102 Å². The van der Waals surface area contributed by atoms with Gasteiger partial charge in [0, 0.05) is 40.7 Å². The van der Waals surface area contributed by atoms with E-state index in [-0.39, 0.29) is 23.7 Å². The maximum Gasteiger partial charge on any atom is 0.145 e. The lowest BCUT2D eigenvalue weighted by molar-refractivity contribution is -0.122. The van der Waals surface area contributed by atoms with E-state index in [4.69, 9.17) is 4.74 Å². The molecule has 0 amide bonds. The summed E-state index contributed by atoms with van der Waals surface area (Å²) < 4.78 is 5.30. The number of aromatic amines is 1. The fraction of sp³-hybridized carbons (Fsp3) is 0.179. The molecule has 0 spiro atoms. The number of Topliss-reactive ketones (excluding diaryl/α,β-unsaturated/α-hetero) is 1. The average molecular weight is 436 g/mol. The molecule has 3 N–H and O–H groups in total. The zero-order valence-electron chi connectivity index (χ0n) is 18.3. The molecule has 33 heavy (non-hydrogen) atoms. The number of hydrogen-bond acceptors (Lipinski definition) is 4. The van der Waals surface area contributed by atoms with E-state index < -0.39 is 0 Å². The fourth-order valence-electron chi connectivity index (χ4n) is 5.18. The molecule has 0 saturated carbocycles. The van der Waals surface area contributed by atoms with Gasteiger partial charge in [-0.2, -0.15) is 0 Å². The second-order valence-corrected chi connectivity index (χ2v) is 8.73. The third kappa shape index (κ3) is 3.37. The summed E-state index contributed by atoms with van der Waals surface area (Å²) in [6.07, 6.45) is 4.75. The predicted octanol–water partition coefficient (Wildman–Crippen LogP) is 6.01. The monoisotopic (exact) mass is 435 g/mol. The highest BCUT2D eigenvalue weighted by atomic mass is 16.5. The van der Waals surface area contributed by atoms with Gasteiger partial charge < -0.3 is 20.4 Å². The summed E-state index contributed by atoms with van der Waals surface area (Å²) in [6.45, 7) is 0. The van der Waals surface area contributed by atoms with Crippen LogP contribution in [0.4, 0.5) is 11.4 Å². The number of rotatable bonds is 3. The highest BCUT2D eigenvalue weighted by molar-refractivity contribution is 5.92. The molecule has 5 heteroatoms. The number of hydrogen-bond donors (Lipinski definition) is 3. The standard InChI is InChI=1S/C28H25N3O2/c1-33-19-12-10-17(11-13-19)18-14-25-27(26(32)15-18)28(31-24-9-5-4-8-23(24)30-25)21-16-29-22-7-3-2-6-20(21)22/h2-14,16,18,27-31H,15H2,1H3. The van der Waals surface area contributed by atoms with E-state index in [2.05, 4.69) is 46.0 Å². The van der Waals surface area contributed by atoms with E-state index in [1.807, 2.05) is 54.7 Å². The Morgan fingerprint density at radius 1 is 0.909 bits per heavy atom. The molecule has 1 aliphatic carbocycles. The van der Waals surface area contributed by atoms with Gasteiger partial charge in [-0.3, -0.25) is 4.79 Å². The lowest BCUT2D eigenvalue weighted by Gasteiger charge is -2.32. The van der Waals surface area contributed by atoms with E-state index >= 15 is 0 Å². The second-order valence-electron chi connectivity index (χ2n) is 8.73. The van der Waals surface area contributed by atoms with Gasteiger partial charge in [-0.1, -0.05) is 48.5 Å². The Bertz CT molecular complexity index is 1370. The SMILES string of the molecule is COc1ccc(C2C=C3Nc4ccccc4NC(c4c[nH]c5ccccc45)C3C(=O)C2)cc1. The molecule has 2 aliphatic rings. The molecule has 4 aromatic rings. The van der Waals surface area contributed by atoms with Crippen molar-refractivity contribution >= 4 is 28.1 Å². The van der Waals surface area contributed by atoms with E-state index in [0.717, 1.165) is 44.9 Å². The van der Waals surface area contributed by atoms with Gasteiger partial charge in [0.15, 0.2) is 0 Å². The molecule has 1 aliphatic heterocycles. The number of ketones is 1. The summed E-state index contributed by atoms with van der Waals surface area (Å²) in [7, 11) is 1.66. The quantitative estimate of drug-likeness (QED) is 0.369. The van der Waals surface area contributed by atoms with Crippen molar-refractivity contribution in [3.63, 3.8) is 0 Å². The van der Waals surface area contributed by atoms with Gasteiger partial charge >= 0.3 is 0 Å². The Labute approximate surface area is 192 Å². The molecule has 2 heterocycles. The number of fused-ring (bicyclic) bond motifs is 3. The minimum absolute atomic E-state index is 0.0241. The lowest BCUT2D eigenvalue weighted by atomic mass is 9.76. The topological polar surface area (TPSA) is 66.2 Å². The number of ether oxygens (including phenoxy) is 1. The second kappa shape index (κ2) is 7.85. The molecule has 164 valence electrons. The van der Waals surface area contributed by atoms with Crippen LogP contribution in [0.1, 0.15) is 29.5 Å². The van der Waals surface area contributed by atoms with Crippen molar-refractivity contribution < 1.29 is 9.53 Å². The summed E-state index contributed by atoms with van der Waals surface area (Å²) in [6, 6.07) is 24.2. The summed E-state index contributed by atoms with van der Waals surface area (Å²) in [5, 5.41) is 8.43. The Balaban J connectivity index is 1.47. The number of benzene rings is 3. The van der Waals surface area contributed by atoms with Crippen molar-refractivity contribution in [3.8, 4) is 5.75 Å². The van der Waals surface area contributed by atoms with E-state index in [1.165, 1.54) is 0 Å². The fourth-order valence-corrected chi connectivity index (χ4v) is 5.18. The van der Waals surface area contributed by atoms with Crippen molar-refractivity contribution in [1.82, 2.24) is 4.98 Å². The molecule has 5 nitrogen and oxygen atoms in total. The molecule has 3 aromatic carbocycles. The number of carbonyl (C=O) groups excluding carboxylic acids is 1. The molecule has 0 fully saturated rings. The molecule has 3 atom stereocenters. The van der Waals surface area contributed by atoms with Gasteiger partial charge in [0.05, 0.1) is 30.4 Å². The first-order valence-corrected chi connectivity index (χ1v) is 11.3. The zero-order chi connectivity index (χ0) is 22.4. The van der Waals surface area contributed by atoms with Crippen LogP contribution in [0.25, 0.3) is 10.9 Å². The van der Waals surface area contributed by atoms with Crippen LogP contribution in [0.3, 0.4) is 0 Å². The van der Waals surface area contributed by atoms with Crippen LogP contribution in [-0.4, -0.2) is 17.9 Å². The molecular formula is C28H25N3O2. The van der Waals surface area contributed by atoms with E-state index in [9.17, 15) is 4.79 Å². The largest absolute Gasteiger partial charge is 0.497 e. The molecule has 0 bridgehead atoms. The maximum atomic E-state index is 13.7. The highest BCUT2D eigenvalue weighted by Gasteiger charge is 2.40. The minimum atomic E-state index is -0.300. The van der Waals surface area contributed by atoms with Crippen LogP contribution in [0, 0.1) is 5.92 Å². The van der Waals surface area contributed by atoms with Crippen molar-refractivity contribution in [2.75, 3.05) is 17.7 Å². The summed E-state index contributed by atoms with van der Waals surface area (Å²) in [4.78, 5) is 17.1. The lowest BCUT2D eigenvalue weighted by Crippen LogP contribution is -2.33. The number of nitrogens with one attached hydrogen (secondary N) is 3. The van der Waals surface area contributed by atoms with Gasteiger partial charge in [0.25, 0.3) is 0 Å². The van der Waals surface area contributed by atoms with Crippen molar-refractivity contribution in [2.24, 2.45) is 5.92 Å². The Morgan fingerprint density at radius 2 is 1.67 bits per heavy atom. The molecule has 0 saturated heterocycles. The first-order valence-electron chi connectivity index (χ1n) is 11.3. The Hall–Kier alpha value is -3.99. The van der Waals surface area contributed by atoms with Crippen LogP contribution in [0.15, 0.2) is 90.8 Å². The maximum absolute atomic E-state index is 13.7. The highest BCUT2D eigenvalue weighted by Crippen LogP contribution is 2.45. The number of para-hydroxylation sites is 3. The third-order valence-corrected chi connectivity index (χ3v) is 6.83. The Morgan fingerprint density at radius 3 is 2.48 bits per heavy atom. The summed E-state index contributed by atoms with van der Waals surface area (Å²) in [5.74, 6) is 0.773. The zero-order valence-corrected chi connectivity index (χ0v) is 18.3. The van der Waals surface area contributed by atoms with Crippen molar-refractivity contribution in [1.29, 1.82) is 0 Å². The predicted molar refractivity (Wildman–Crippen MR) is 132 cm³/mol. The number of anilines is 2. The number of H-pyrrole nitrogens is 1. The first-order chi connectivity index (χ1) is 16.2. The average Bonchev–Trinajstić information content (AvgIpc) is 3.20. The van der Waals surface area contributed by atoms with E-state index in [1.54, 1.807) is 7.11 Å². The molecule has 1 aromatic heterocycles. The van der Waals surface area contributed by atoms with Crippen LogP contribution >= 0.6 is 0 Å². The molecule has 0 radical (unpaired) electrons. The Kier molecular flexibility index (Phi) is 4.68. The summed E-state index contributed by atoms with van der Waals surface area (Å²) in [5.41, 5.74) is 6.24. The van der Waals surface area contributed by atoms with Gasteiger partial charge in [-0.05, 0) is 35.9 Å². The first kappa shape index (κ1) is 19.7. The minimum Gasteiger partial charge on any atom is -0.497 e. The molecule has 6 rings (SSSR count). The van der Waals surface area contributed by atoms with Crippen LogP contribution in [-0.2, 0) is 4.79 Å². The van der Waals surface area contributed by atoms with Crippen LogP contribution in [0.5, 0.6) is 5.75 Å². The number of carbonyl (C=O) groups is 1. The number of aromatic nitrogens is 1. The normalized spacial score (nSPS) is 21.8. The number of allylic oxidation sites excluding steroid dienone is 1. The van der Waals surface area contributed by atoms with Gasteiger partial charge in [0.1, 0.15) is 11.5 Å². The van der Waals surface area contributed by atoms with Gasteiger partial charge in [-0.25, -0.2) is 0 Å². The number of methoxy groups -OCH3 is 1. The van der Waals surface area contributed by atoms with E-state index in [0.29, 0.717) is 6.42 Å². The molecule has 3 unspecified atom stereocenters. The smallest absolute Gasteiger partial charge is 0.145 e. The summed E-state index contributed by atoms with van der Waals surface area (Å²) >= 11 is 0. The van der Waals surface area contributed by atoms with Gasteiger partial charge in [-0.15, -0.1) is 0 Å². The van der Waals surface area contributed by atoms with Crippen molar-refractivity contribution in [2.45, 2.75) is 18.4 Å². The van der Waals surface area contributed by atoms with Crippen LogP contribution < -0.4 is 15.4 Å². The van der Waals surface area contributed by atoms with Crippen LogP contribution in [0.2, 0.25) is 0 Å². The third-order valence-electron chi connectivity index (χ3n) is 6.83. The molecular weight excluding hydrogens is 410 g/mol. The van der Waals surface area contributed by atoms with Gasteiger partial charge in [0.2, 0.25) is 0 Å².